The van der Waals surface area contributed by atoms with E-state index in [1.165, 1.54) is 64.2 Å². The van der Waals surface area contributed by atoms with E-state index < -0.39 is 0 Å². The van der Waals surface area contributed by atoms with Crippen LogP contribution in [0.2, 0.25) is 0 Å². The molecule has 4 aromatic rings. The Balaban J connectivity index is 1.21. The Morgan fingerprint density at radius 3 is 1.31 bits per heavy atom. The van der Waals surface area contributed by atoms with Crippen LogP contribution in [-0.4, -0.2) is 47.6 Å². The van der Waals surface area contributed by atoms with Gasteiger partial charge in [0.15, 0.2) is 0 Å². The number of pyridine rings is 2. The fourth-order valence-corrected chi connectivity index (χ4v) is 7.31. The lowest BCUT2D eigenvalue weighted by molar-refractivity contribution is 0.294. The van der Waals surface area contributed by atoms with Crippen molar-refractivity contribution in [3.63, 3.8) is 0 Å². The van der Waals surface area contributed by atoms with Gasteiger partial charge in [-0.15, -0.1) is 0 Å². The fourth-order valence-electron chi connectivity index (χ4n) is 7.31. The van der Waals surface area contributed by atoms with Crippen molar-refractivity contribution in [1.82, 2.24) is 9.97 Å². The van der Waals surface area contributed by atoms with Gasteiger partial charge in [0.1, 0.15) is 11.5 Å². The highest BCUT2D eigenvalue weighted by molar-refractivity contribution is 5.67. The first-order valence-electron chi connectivity index (χ1n) is 21.5. The molecule has 55 heavy (non-hydrogen) atoms. The molecule has 0 aliphatic carbocycles. The van der Waals surface area contributed by atoms with Gasteiger partial charge >= 0.3 is 0 Å². The maximum Gasteiger partial charge on any atom is 0.213 e. The summed E-state index contributed by atoms with van der Waals surface area (Å²) in [4.78, 5) is 9.28. The second-order valence-corrected chi connectivity index (χ2v) is 15.5. The van der Waals surface area contributed by atoms with Gasteiger partial charge in [-0.05, 0) is 84.3 Å². The van der Waals surface area contributed by atoms with Gasteiger partial charge in [-0.3, -0.25) is 0 Å². The van der Waals surface area contributed by atoms with Crippen molar-refractivity contribution in [3.8, 4) is 45.5 Å². The number of hydrogen-bond acceptors (Lipinski definition) is 7. The maximum atomic E-state index is 6.91. The molecule has 2 aromatic carbocycles. The standard InChI is InChI=1S/C48H64N2O5/c1-5-9-13-15-27-51-47-25-21-37(33-49-47)35-19-23-41(39(29-35)31-45-43(54-45)17-11-7-3)53-42-24-20-36(30-40(42)32-46-44(55-46)18-12-8-4)38-22-26-48(50-34-38)52-28-16-14-10-6-2/h19-26,29-30,33-34,43-46H,5-18,27-28,31-32H2,1-4H3/t43-,44-,45-,46-/m0/s1. The molecule has 2 fully saturated rings. The SMILES string of the molecule is CCCCCCOc1ccc(-c2ccc(Oc3ccc(-c4ccc(OCCCCCC)nc4)cc3C[C@@H]3O[C@H]3CCCC)c(C[C@@H]3O[C@H]3CCCC)c2)cn1. The highest BCUT2D eigenvalue weighted by Crippen LogP contribution is 2.40. The third-order valence-electron chi connectivity index (χ3n) is 10.9. The van der Waals surface area contributed by atoms with E-state index in [1.54, 1.807) is 0 Å². The van der Waals surface area contributed by atoms with Crippen LogP contribution in [0.3, 0.4) is 0 Å². The molecule has 4 atom stereocenters. The lowest BCUT2D eigenvalue weighted by Gasteiger charge is -2.17. The van der Waals surface area contributed by atoms with E-state index in [1.807, 2.05) is 24.5 Å². The Labute approximate surface area is 330 Å². The predicted molar refractivity (Wildman–Crippen MR) is 222 cm³/mol. The van der Waals surface area contributed by atoms with E-state index in [0.717, 1.165) is 83.4 Å². The summed E-state index contributed by atoms with van der Waals surface area (Å²) >= 11 is 0. The Morgan fingerprint density at radius 2 is 0.909 bits per heavy atom. The van der Waals surface area contributed by atoms with Crippen LogP contribution in [0.1, 0.15) is 129 Å². The van der Waals surface area contributed by atoms with Gasteiger partial charge < -0.3 is 23.7 Å². The molecule has 2 aromatic heterocycles. The van der Waals surface area contributed by atoms with Crippen LogP contribution in [0.25, 0.3) is 22.3 Å². The molecular formula is C48H64N2O5. The molecule has 0 radical (unpaired) electrons. The topological polar surface area (TPSA) is 78.5 Å². The monoisotopic (exact) mass is 748 g/mol. The van der Waals surface area contributed by atoms with Crippen LogP contribution >= 0.6 is 0 Å². The Kier molecular flexibility index (Phi) is 15.8. The molecule has 2 saturated heterocycles. The van der Waals surface area contributed by atoms with Gasteiger partial charge in [-0.2, -0.15) is 0 Å². The van der Waals surface area contributed by atoms with E-state index >= 15 is 0 Å². The van der Waals surface area contributed by atoms with Crippen LogP contribution in [0, 0.1) is 0 Å². The van der Waals surface area contributed by atoms with Crippen LogP contribution in [-0.2, 0) is 22.3 Å². The van der Waals surface area contributed by atoms with E-state index in [2.05, 4.69) is 86.2 Å². The molecule has 296 valence electrons. The van der Waals surface area contributed by atoms with Crippen molar-refractivity contribution in [3.05, 3.63) is 84.2 Å². The molecule has 7 heteroatoms. The molecule has 2 aliphatic rings. The first kappa shape index (κ1) is 40.7. The van der Waals surface area contributed by atoms with Crippen molar-refractivity contribution < 1.29 is 23.7 Å². The number of ether oxygens (including phenoxy) is 5. The minimum Gasteiger partial charge on any atom is -0.478 e. The van der Waals surface area contributed by atoms with Crippen molar-refractivity contribution in [2.24, 2.45) is 0 Å². The number of epoxide rings is 2. The van der Waals surface area contributed by atoms with Gasteiger partial charge in [0.2, 0.25) is 11.8 Å². The molecule has 0 spiro atoms. The minimum absolute atomic E-state index is 0.211. The lowest BCUT2D eigenvalue weighted by Crippen LogP contribution is -2.04. The summed E-state index contributed by atoms with van der Waals surface area (Å²) in [6.45, 7) is 10.3. The largest absolute Gasteiger partial charge is 0.478 e. The smallest absolute Gasteiger partial charge is 0.213 e. The molecule has 2 aliphatic heterocycles. The lowest BCUT2D eigenvalue weighted by atomic mass is 9.98. The van der Waals surface area contributed by atoms with Crippen LogP contribution in [0.5, 0.6) is 23.3 Å². The highest BCUT2D eigenvalue weighted by Gasteiger charge is 2.39. The number of nitrogens with zero attached hydrogens (tertiary/aromatic N) is 2. The zero-order valence-corrected chi connectivity index (χ0v) is 33.9. The van der Waals surface area contributed by atoms with Crippen molar-refractivity contribution in [1.29, 1.82) is 0 Å². The van der Waals surface area contributed by atoms with Crippen molar-refractivity contribution in [2.75, 3.05) is 13.2 Å². The molecule has 0 saturated carbocycles. The number of benzene rings is 2. The summed E-state index contributed by atoms with van der Waals surface area (Å²) in [5.74, 6) is 3.08. The Hall–Kier alpha value is -3.94. The van der Waals surface area contributed by atoms with E-state index in [-0.39, 0.29) is 12.2 Å². The van der Waals surface area contributed by atoms with Crippen molar-refractivity contribution in [2.45, 2.75) is 155 Å². The molecule has 0 N–H and O–H groups in total. The average molecular weight is 749 g/mol. The first-order chi connectivity index (χ1) is 27.1. The van der Waals surface area contributed by atoms with E-state index in [9.17, 15) is 0 Å². The third-order valence-corrected chi connectivity index (χ3v) is 10.9. The summed E-state index contributed by atoms with van der Waals surface area (Å²) < 4.78 is 31.1. The maximum absolute atomic E-state index is 6.91. The van der Waals surface area contributed by atoms with Crippen LogP contribution < -0.4 is 14.2 Å². The van der Waals surface area contributed by atoms with Gasteiger partial charge in [-0.1, -0.05) is 104 Å². The molecule has 0 unspecified atom stereocenters. The molecular weight excluding hydrogens is 685 g/mol. The quantitative estimate of drug-likeness (QED) is 0.0467. The third kappa shape index (κ3) is 12.5. The molecule has 0 amide bonds. The van der Waals surface area contributed by atoms with Gasteiger partial charge in [0.25, 0.3) is 0 Å². The van der Waals surface area contributed by atoms with Crippen molar-refractivity contribution >= 4 is 0 Å². The average Bonchev–Trinajstić information content (AvgIpc) is 4.15. The fraction of sp³-hybridized carbons (Fsp3) is 0.542. The second-order valence-electron chi connectivity index (χ2n) is 15.5. The number of hydrogen-bond donors (Lipinski definition) is 0. The van der Waals surface area contributed by atoms with E-state index in [0.29, 0.717) is 37.2 Å². The minimum atomic E-state index is 0.211. The first-order valence-corrected chi connectivity index (χ1v) is 21.5. The molecule has 7 nitrogen and oxygen atoms in total. The summed E-state index contributed by atoms with van der Waals surface area (Å²) in [6, 6.07) is 21.2. The predicted octanol–water partition coefficient (Wildman–Crippen LogP) is 12.5. The highest BCUT2D eigenvalue weighted by atomic mass is 16.6. The molecule has 4 heterocycles. The number of unbranched alkanes of at least 4 members (excludes halogenated alkanes) is 8. The number of aromatic nitrogens is 2. The normalized spacial score (nSPS) is 18.6. The molecule has 0 bridgehead atoms. The Morgan fingerprint density at radius 1 is 0.473 bits per heavy atom. The van der Waals surface area contributed by atoms with Crippen LogP contribution in [0.15, 0.2) is 73.1 Å². The van der Waals surface area contributed by atoms with Gasteiger partial charge in [0, 0.05) is 48.5 Å². The summed E-state index contributed by atoms with van der Waals surface area (Å²) in [6.07, 6.45) is 22.9. The zero-order chi connectivity index (χ0) is 38.2. The van der Waals surface area contributed by atoms with Gasteiger partial charge in [-0.25, -0.2) is 9.97 Å². The number of rotatable bonds is 26. The van der Waals surface area contributed by atoms with E-state index in [4.69, 9.17) is 23.7 Å². The van der Waals surface area contributed by atoms with Crippen LogP contribution in [0.4, 0.5) is 0 Å². The second kappa shape index (κ2) is 21.4. The Bertz CT molecular complexity index is 1600. The van der Waals surface area contributed by atoms with Gasteiger partial charge in [0.05, 0.1) is 37.6 Å². The summed E-state index contributed by atoms with van der Waals surface area (Å²) in [7, 11) is 0. The summed E-state index contributed by atoms with van der Waals surface area (Å²) in [5.41, 5.74) is 6.62. The summed E-state index contributed by atoms with van der Waals surface area (Å²) in [5, 5.41) is 0. The zero-order valence-electron chi connectivity index (χ0n) is 33.9. The molecule has 6 rings (SSSR count).